The Labute approximate surface area is 158 Å². The molecule has 0 N–H and O–H groups in total. The standard InChI is InChI=1S/C20H22N4OS/c1-15-6-4-5-7-19(15)26-12-20(25)23(3)16(2)17-8-10-18(11-9-17)24-14-21-13-22-24/h4-11,13-14,16H,12H2,1-3H3/t16-/m0/s1. The van der Waals surface area contributed by atoms with Gasteiger partial charge < -0.3 is 4.90 Å². The maximum Gasteiger partial charge on any atom is 0.233 e. The number of hydrogen-bond acceptors (Lipinski definition) is 4. The van der Waals surface area contributed by atoms with E-state index < -0.39 is 0 Å². The van der Waals surface area contributed by atoms with Crippen molar-refractivity contribution in [1.82, 2.24) is 19.7 Å². The Morgan fingerprint density at radius 2 is 1.92 bits per heavy atom. The van der Waals surface area contributed by atoms with Gasteiger partial charge in [0.05, 0.1) is 17.5 Å². The van der Waals surface area contributed by atoms with Crippen LogP contribution in [-0.2, 0) is 4.79 Å². The Hall–Kier alpha value is -2.60. The van der Waals surface area contributed by atoms with Crippen LogP contribution in [0.25, 0.3) is 5.69 Å². The van der Waals surface area contributed by atoms with Crippen LogP contribution in [0, 0.1) is 6.92 Å². The summed E-state index contributed by atoms with van der Waals surface area (Å²) in [7, 11) is 1.86. The Morgan fingerprint density at radius 3 is 2.58 bits per heavy atom. The van der Waals surface area contributed by atoms with Crippen LogP contribution in [0.2, 0.25) is 0 Å². The van der Waals surface area contributed by atoms with E-state index in [-0.39, 0.29) is 11.9 Å². The van der Waals surface area contributed by atoms with Gasteiger partial charge in [-0.15, -0.1) is 11.8 Å². The van der Waals surface area contributed by atoms with Gasteiger partial charge in [-0.05, 0) is 43.2 Å². The summed E-state index contributed by atoms with van der Waals surface area (Å²) in [5.74, 6) is 0.550. The molecule has 5 nitrogen and oxygen atoms in total. The van der Waals surface area contributed by atoms with E-state index in [1.807, 2.05) is 50.4 Å². The van der Waals surface area contributed by atoms with Crippen LogP contribution in [0.5, 0.6) is 0 Å². The zero-order valence-corrected chi connectivity index (χ0v) is 16.0. The van der Waals surface area contributed by atoms with Gasteiger partial charge in [-0.25, -0.2) is 9.67 Å². The molecule has 0 aliphatic carbocycles. The molecule has 0 bridgehead atoms. The second-order valence-corrected chi connectivity index (χ2v) is 7.18. The number of thioether (sulfide) groups is 1. The van der Waals surface area contributed by atoms with Crippen LogP contribution in [0.1, 0.15) is 24.1 Å². The molecule has 3 rings (SSSR count). The highest BCUT2D eigenvalue weighted by molar-refractivity contribution is 8.00. The van der Waals surface area contributed by atoms with Gasteiger partial charge in [-0.3, -0.25) is 4.79 Å². The van der Waals surface area contributed by atoms with Gasteiger partial charge in [0, 0.05) is 11.9 Å². The van der Waals surface area contributed by atoms with Crippen molar-refractivity contribution < 1.29 is 4.79 Å². The van der Waals surface area contributed by atoms with E-state index in [1.54, 1.807) is 27.7 Å². The number of carbonyl (C=O) groups excluding carboxylic acids is 1. The van der Waals surface area contributed by atoms with E-state index in [1.165, 1.54) is 11.9 Å². The molecule has 2 aromatic carbocycles. The molecule has 0 radical (unpaired) electrons. The number of benzene rings is 2. The third-order valence-electron chi connectivity index (χ3n) is 4.48. The minimum Gasteiger partial charge on any atom is -0.338 e. The molecule has 0 unspecified atom stereocenters. The van der Waals surface area contributed by atoms with Gasteiger partial charge >= 0.3 is 0 Å². The quantitative estimate of drug-likeness (QED) is 0.621. The fourth-order valence-corrected chi connectivity index (χ4v) is 3.60. The summed E-state index contributed by atoms with van der Waals surface area (Å²) in [6, 6.07) is 16.2. The summed E-state index contributed by atoms with van der Waals surface area (Å²) in [5, 5.41) is 4.12. The van der Waals surface area contributed by atoms with Crippen LogP contribution in [0.4, 0.5) is 0 Å². The monoisotopic (exact) mass is 366 g/mol. The molecular formula is C20H22N4OS. The van der Waals surface area contributed by atoms with Crippen molar-refractivity contribution >= 4 is 17.7 Å². The number of nitrogens with zero attached hydrogens (tertiary/aromatic N) is 4. The molecule has 0 spiro atoms. The molecule has 0 aliphatic rings. The first-order valence-electron chi connectivity index (χ1n) is 8.45. The van der Waals surface area contributed by atoms with Crippen LogP contribution < -0.4 is 0 Å². The van der Waals surface area contributed by atoms with Gasteiger partial charge in [0.15, 0.2) is 0 Å². The average Bonchev–Trinajstić information content (AvgIpc) is 3.21. The maximum absolute atomic E-state index is 12.6. The van der Waals surface area contributed by atoms with Gasteiger partial charge in [-0.1, -0.05) is 30.3 Å². The van der Waals surface area contributed by atoms with Crippen LogP contribution in [0.3, 0.4) is 0 Å². The van der Waals surface area contributed by atoms with Gasteiger partial charge in [0.2, 0.25) is 5.91 Å². The maximum atomic E-state index is 12.6. The minimum atomic E-state index is 0.00441. The van der Waals surface area contributed by atoms with Crippen LogP contribution in [-0.4, -0.2) is 38.4 Å². The number of rotatable bonds is 6. The molecule has 0 saturated heterocycles. The fourth-order valence-electron chi connectivity index (χ4n) is 2.65. The van der Waals surface area contributed by atoms with Crippen molar-refractivity contribution in [3.8, 4) is 5.69 Å². The SMILES string of the molecule is Cc1ccccc1SCC(=O)N(C)[C@@H](C)c1ccc(-n2cncn2)cc1. The number of carbonyl (C=O) groups is 1. The Bertz CT molecular complexity index is 862. The molecular weight excluding hydrogens is 344 g/mol. The lowest BCUT2D eigenvalue weighted by Crippen LogP contribution is -2.31. The third kappa shape index (κ3) is 4.14. The molecule has 3 aromatic rings. The Morgan fingerprint density at radius 1 is 1.19 bits per heavy atom. The Balaban J connectivity index is 1.62. The largest absolute Gasteiger partial charge is 0.338 e. The van der Waals surface area contributed by atoms with Crippen LogP contribution >= 0.6 is 11.8 Å². The predicted octanol–water partition coefficient (Wildman–Crippen LogP) is 3.89. The number of amides is 1. The molecule has 1 heterocycles. The first kappa shape index (κ1) is 18.2. The first-order valence-corrected chi connectivity index (χ1v) is 9.44. The lowest BCUT2D eigenvalue weighted by atomic mass is 10.1. The van der Waals surface area contributed by atoms with E-state index in [4.69, 9.17) is 0 Å². The summed E-state index contributed by atoms with van der Waals surface area (Å²) in [4.78, 5) is 19.5. The Kier molecular flexibility index (Phi) is 5.73. The minimum absolute atomic E-state index is 0.00441. The first-order chi connectivity index (χ1) is 12.6. The summed E-state index contributed by atoms with van der Waals surface area (Å²) < 4.78 is 1.71. The molecule has 1 atom stereocenters. The third-order valence-corrected chi connectivity index (χ3v) is 5.64. The molecule has 0 fully saturated rings. The highest BCUT2D eigenvalue weighted by atomic mass is 32.2. The van der Waals surface area contributed by atoms with E-state index in [0.717, 1.165) is 16.1 Å². The fraction of sp³-hybridized carbons (Fsp3) is 0.250. The smallest absolute Gasteiger partial charge is 0.233 e. The normalized spacial score (nSPS) is 12.0. The zero-order chi connectivity index (χ0) is 18.5. The van der Waals surface area contributed by atoms with E-state index in [0.29, 0.717) is 5.75 Å². The molecule has 26 heavy (non-hydrogen) atoms. The summed E-state index contributed by atoms with van der Waals surface area (Å²) >= 11 is 1.59. The second kappa shape index (κ2) is 8.19. The van der Waals surface area contributed by atoms with Crippen molar-refractivity contribution in [2.45, 2.75) is 24.8 Å². The topological polar surface area (TPSA) is 51.0 Å². The van der Waals surface area contributed by atoms with Crippen molar-refractivity contribution in [2.24, 2.45) is 0 Å². The summed E-state index contributed by atoms with van der Waals surface area (Å²) in [6.07, 6.45) is 3.17. The highest BCUT2D eigenvalue weighted by Gasteiger charge is 2.18. The summed E-state index contributed by atoms with van der Waals surface area (Å²) in [5.41, 5.74) is 3.23. The van der Waals surface area contributed by atoms with Gasteiger partial charge in [0.1, 0.15) is 12.7 Å². The number of hydrogen-bond donors (Lipinski definition) is 0. The summed E-state index contributed by atoms with van der Waals surface area (Å²) in [6.45, 7) is 4.11. The van der Waals surface area contributed by atoms with Crippen molar-refractivity contribution in [1.29, 1.82) is 0 Å². The molecule has 1 amide bonds. The van der Waals surface area contributed by atoms with E-state index >= 15 is 0 Å². The molecule has 1 aromatic heterocycles. The van der Waals surface area contributed by atoms with Crippen molar-refractivity contribution in [3.05, 3.63) is 72.3 Å². The molecule has 0 aliphatic heterocycles. The lowest BCUT2D eigenvalue weighted by molar-refractivity contribution is -0.128. The average molecular weight is 366 g/mol. The van der Waals surface area contributed by atoms with E-state index in [2.05, 4.69) is 29.1 Å². The lowest BCUT2D eigenvalue weighted by Gasteiger charge is -2.25. The van der Waals surface area contributed by atoms with Gasteiger partial charge in [0.25, 0.3) is 0 Å². The van der Waals surface area contributed by atoms with E-state index in [9.17, 15) is 4.79 Å². The van der Waals surface area contributed by atoms with Gasteiger partial charge in [-0.2, -0.15) is 5.10 Å². The molecule has 0 saturated carbocycles. The molecule has 6 heteroatoms. The number of aromatic nitrogens is 3. The van der Waals surface area contributed by atoms with Crippen molar-refractivity contribution in [2.75, 3.05) is 12.8 Å². The van der Waals surface area contributed by atoms with Crippen LogP contribution in [0.15, 0.2) is 66.1 Å². The zero-order valence-electron chi connectivity index (χ0n) is 15.2. The van der Waals surface area contributed by atoms with Crippen molar-refractivity contribution in [3.63, 3.8) is 0 Å². The number of aryl methyl sites for hydroxylation is 1. The molecule has 134 valence electrons. The second-order valence-electron chi connectivity index (χ2n) is 6.17. The highest BCUT2D eigenvalue weighted by Crippen LogP contribution is 2.25. The predicted molar refractivity (Wildman–Crippen MR) is 104 cm³/mol.